The Kier molecular flexibility index (Phi) is 5.02. The van der Waals surface area contributed by atoms with Gasteiger partial charge in [-0.2, -0.15) is 0 Å². The number of rotatable bonds is 5. The first-order valence-electron chi connectivity index (χ1n) is 7.57. The van der Waals surface area contributed by atoms with Crippen LogP contribution in [0.25, 0.3) is 0 Å². The van der Waals surface area contributed by atoms with E-state index in [-0.39, 0.29) is 24.4 Å². The zero-order valence-corrected chi connectivity index (χ0v) is 12.9. The molecule has 8 nitrogen and oxygen atoms in total. The number of nitrogens with two attached hydrogens (primary N) is 1. The Morgan fingerprint density at radius 2 is 2.08 bits per heavy atom. The fourth-order valence-electron chi connectivity index (χ4n) is 2.63. The SMILES string of the molecule is Nc1nnc(CNC(=O)C(c2ccccc2F)N2CCOCC2)o1. The molecule has 1 aliphatic heterocycles. The number of halogens is 1. The fourth-order valence-corrected chi connectivity index (χ4v) is 2.63. The van der Waals surface area contributed by atoms with Crippen LogP contribution in [-0.4, -0.2) is 47.3 Å². The van der Waals surface area contributed by atoms with Gasteiger partial charge >= 0.3 is 6.01 Å². The van der Waals surface area contributed by atoms with Crippen LogP contribution in [0.4, 0.5) is 10.4 Å². The first kappa shape index (κ1) is 16.3. The van der Waals surface area contributed by atoms with Gasteiger partial charge in [0.25, 0.3) is 0 Å². The smallest absolute Gasteiger partial charge is 0.312 e. The van der Waals surface area contributed by atoms with Crippen LogP contribution in [0.2, 0.25) is 0 Å². The quantitative estimate of drug-likeness (QED) is 0.818. The summed E-state index contributed by atoms with van der Waals surface area (Å²) in [6.07, 6.45) is 0. The minimum Gasteiger partial charge on any atom is -0.406 e. The van der Waals surface area contributed by atoms with E-state index >= 15 is 0 Å². The molecule has 3 N–H and O–H groups in total. The number of carbonyl (C=O) groups excluding carboxylic acids is 1. The number of morpholine rings is 1. The molecule has 1 amide bonds. The molecular formula is C15H18FN5O3. The molecule has 0 saturated carbocycles. The largest absolute Gasteiger partial charge is 0.406 e. The van der Waals surface area contributed by atoms with Crippen LogP contribution >= 0.6 is 0 Å². The van der Waals surface area contributed by atoms with Gasteiger partial charge in [0.1, 0.15) is 11.9 Å². The summed E-state index contributed by atoms with van der Waals surface area (Å²) in [5.41, 5.74) is 5.67. The molecule has 1 aromatic carbocycles. The molecule has 1 fully saturated rings. The van der Waals surface area contributed by atoms with Gasteiger partial charge in [0.2, 0.25) is 11.8 Å². The highest BCUT2D eigenvalue weighted by molar-refractivity contribution is 5.83. The number of hydrogen-bond acceptors (Lipinski definition) is 7. The van der Waals surface area contributed by atoms with Crippen molar-refractivity contribution < 1.29 is 18.3 Å². The number of nitrogens with zero attached hydrogens (tertiary/aromatic N) is 3. The Bertz CT molecular complexity index is 702. The summed E-state index contributed by atoms with van der Waals surface area (Å²) >= 11 is 0. The van der Waals surface area contributed by atoms with E-state index in [1.54, 1.807) is 18.2 Å². The first-order valence-corrected chi connectivity index (χ1v) is 7.57. The van der Waals surface area contributed by atoms with Gasteiger partial charge in [-0.05, 0) is 6.07 Å². The molecule has 24 heavy (non-hydrogen) atoms. The van der Waals surface area contributed by atoms with Gasteiger partial charge in [-0.3, -0.25) is 9.69 Å². The molecule has 0 spiro atoms. The van der Waals surface area contributed by atoms with Crippen LogP contribution in [0.15, 0.2) is 28.7 Å². The average Bonchev–Trinajstić information content (AvgIpc) is 3.01. The number of nitrogens with one attached hydrogen (secondary N) is 1. The van der Waals surface area contributed by atoms with Gasteiger partial charge in [-0.1, -0.05) is 23.3 Å². The topological polar surface area (TPSA) is 107 Å². The van der Waals surface area contributed by atoms with E-state index in [4.69, 9.17) is 14.9 Å². The zero-order valence-electron chi connectivity index (χ0n) is 12.9. The zero-order chi connectivity index (χ0) is 16.9. The maximum Gasteiger partial charge on any atom is 0.312 e. The van der Waals surface area contributed by atoms with Gasteiger partial charge in [-0.15, -0.1) is 5.10 Å². The van der Waals surface area contributed by atoms with Crippen molar-refractivity contribution in [2.24, 2.45) is 0 Å². The van der Waals surface area contributed by atoms with Crippen LogP contribution in [0, 0.1) is 5.82 Å². The number of nitrogen functional groups attached to an aromatic ring is 1. The Morgan fingerprint density at radius 1 is 1.33 bits per heavy atom. The predicted octanol–water partition coefficient (Wildman–Crippen LogP) is 0.481. The number of anilines is 1. The van der Waals surface area contributed by atoms with Crippen molar-refractivity contribution in [2.75, 3.05) is 32.0 Å². The van der Waals surface area contributed by atoms with Gasteiger partial charge in [0.15, 0.2) is 0 Å². The molecule has 9 heteroatoms. The molecule has 1 atom stereocenters. The van der Waals surface area contributed by atoms with Crippen molar-refractivity contribution in [3.05, 3.63) is 41.5 Å². The van der Waals surface area contributed by atoms with Crippen molar-refractivity contribution in [3.63, 3.8) is 0 Å². The van der Waals surface area contributed by atoms with Crippen molar-refractivity contribution >= 4 is 11.9 Å². The summed E-state index contributed by atoms with van der Waals surface area (Å²) in [7, 11) is 0. The summed E-state index contributed by atoms with van der Waals surface area (Å²) in [4.78, 5) is 14.6. The highest BCUT2D eigenvalue weighted by Crippen LogP contribution is 2.24. The van der Waals surface area contributed by atoms with Crippen molar-refractivity contribution in [1.82, 2.24) is 20.4 Å². The highest BCUT2D eigenvalue weighted by Gasteiger charge is 2.31. The van der Waals surface area contributed by atoms with Crippen molar-refractivity contribution in [3.8, 4) is 0 Å². The van der Waals surface area contributed by atoms with E-state index in [1.807, 2.05) is 4.90 Å². The molecule has 128 valence electrons. The lowest BCUT2D eigenvalue weighted by Gasteiger charge is -2.33. The van der Waals surface area contributed by atoms with E-state index in [9.17, 15) is 9.18 Å². The Labute approximate surface area is 137 Å². The van der Waals surface area contributed by atoms with Crippen LogP contribution in [0.3, 0.4) is 0 Å². The maximum atomic E-state index is 14.2. The third-order valence-corrected chi connectivity index (χ3v) is 3.76. The van der Waals surface area contributed by atoms with Crippen LogP contribution < -0.4 is 11.1 Å². The third-order valence-electron chi connectivity index (χ3n) is 3.76. The number of ether oxygens (including phenoxy) is 1. The molecule has 0 bridgehead atoms. The number of amides is 1. The normalized spacial score (nSPS) is 16.7. The van der Waals surface area contributed by atoms with Gasteiger partial charge in [0.05, 0.1) is 19.8 Å². The van der Waals surface area contributed by atoms with E-state index in [0.717, 1.165) is 0 Å². The number of benzene rings is 1. The third kappa shape index (κ3) is 3.69. The summed E-state index contributed by atoms with van der Waals surface area (Å²) in [5, 5.41) is 9.91. The molecule has 1 unspecified atom stereocenters. The second kappa shape index (κ2) is 7.37. The van der Waals surface area contributed by atoms with Gasteiger partial charge in [-0.25, -0.2) is 4.39 Å². The van der Waals surface area contributed by atoms with Crippen molar-refractivity contribution in [1.29, 1.82) is 0 Å². The molecule has 0 aliphatic carbocycles. The average molecular weight is 335 g/mol. The van der Waals surface area contributed by atoms with Crippen LogP contribution in [0.1, 0.15) is 17.5 Å². The summed E-state index contributed by atoms with van der Waals surface area (Å²) in [6.45, 7) is 2.11. The van der Waals surface area contributed by atoms with E-state index in [1.165, 1.54) is 6.07 Å². The minimum absolute atomic E-state index is 0.0261. The van der Waals surface area contributed by atoms with Gasteiger partial charge in [0, 0.05) is 18.7 Å². The van der Waals surface area contributed by atoms with Crippen LogP contribution in [-0.2, 0) is 16.1 Å². The predicted molar refractivity (Wildman–Crippen MR) is 82.1 cm³/mol. The number of carbonyl (C=O) groups is 1. The summed E-state index contributed by atoms with van der Waals surface area (Å²) in [5.74, 6) is -0.583. The minimum atomic E-state index is -0.754. The molecule has 2 aromatic rings. The summed E-state index contributed by atoms with van der Waals surface area (Å²) < 4.78 is 24.6. The second-order valence-electron chi connectivity index (χ2n) is 5.32. The molecule has 2 heterocycles. The molecule has 1 aliphatic rings. The Hall–Kier alpha value is -2.52. The second-order valence-corrected chi connectivity index (χ2v) is 5.32. The number of aromatic nitrogens is 2. The highest BCUT2D eigenvalue weighted by atomic mass is 19.1. The Balaban J connectivity index is 1.78. The van der Waals surface area contributed by atoms with Crippen LogP contribution in [0.5, 0.6) is 0 Å². The standard InChI is InChI=1S/C15H18FN5O3/c16-11-4-2-1-3-10(11)13(21-5-7-23-8-6-21)14(22)18-9-12-19-20-15(17)24-12/h1-4,13H,5-9H2,(H2,17,20)(H,18,22). The molecular weight excluding hydrogens is 317 g/mol. The molecule has 1 saturated heterocycles. The molecule has 3 rings (SSSR count). The Morgan fingerprint density at radius 3 is 2.75 bits per heavy atom. The monoisotopic (exact) mass is 335 g/mol. The van der Waals surface area contributed by atoms with E-state index in [0.29, 0.717) is 31.9 Å². The van der Waals surface area contributed by atoms with Gasteiger partial charge < -0.3 is 20.2 Å². The maximum absolute atomic E-state index is 14.2. The lowest BCUT2D eigenvalue weighted by Crippen LogP contribution is -2.46. The van der Waals surface area contributed by atoms with E-state index in [2.05, 4.69) is 15.5 Å². The molecule has 1 aromatic heterocycles. The van der Waals surface area contributed by atoms with E-state index < -0.39 is 11.9 Å². The van der Waals surface area contributed by atoms with Crippen molar-refractivity contribution in [2.45, 2.75) is 12.6 Å². The molecule has 0 radical (unpaired) electrons. The lowest BCUT2D eigenvalue weighted by molar-refractivity contribution is -0.129. The first-order chi connectivity index (χ1) is 11.6. The number of hydrogen-bond donors (Lipinski definition) is 2. The summed E-state index contributed by atoms with van der Waals surface area (Å²) in [6, 6.07) is 5.43. The lowest BCUT2D eigenvalue weighted by atomic mass is 10.0. The fraction of sp³-hybridized carbons (Fsp3) is 0.400.